The van der Waals surface area contributed by atoms with Gasteiger partial charge < -0.3 is 14.6 Å². The van der Waals surface area contributed by atoms with Gasteiger partial charge in [-0.05, 0) is 24.3 Å². The molecule has 0 spiro atoms. The number of amides is 1. The number of benzene rings is 2. The Morgan fingerprint density at radius 1 is 1.24 bits per heavy atom. The quantitative estimate of drug-likeness (QED) is 0.760. The van der Waals surface area contributed by atoms with Crippen LogP contribution in [0.2, 0.25) is 5.02 Å². The molecule has 0 radical (unpaired) electrons. The molecule has 2 aromatic carbocycles. The first-order valence-corrected chi connectivity index (χ1v) is 8.14. The number of carbonyl (C=O) groups is 1. The van der Waals surface area contributed by atoms with Crippen LogP contribution in [0, 0.1) is 0 Å². The molecule has 1 heterocycles. The molecule has 5 nitrogen and oxygen atoms in total. The molecule has 1 amide bonds. The van der Waals surface area contributed by atoms with Crippen LogP contribution in [-0.4, -0.2) is 22.6 Å². The number of hydrogen-bond donors (Lipinski definition) is 1. The molecule has 1 N–H and O–H groups in total. The molecule has 1 atom stereocenters. The maximum atomic E-state index is 12.7. The third-order valence-electron chi connectivity index (χ3n) is 3.93. The lowest BCUT2D eigenvalue weighted by molar-refractivity contribution is 0.0941. The van der Waals surface area contributed by atoms with E-state index in [0.29, 0.717) is 22.2 Å². The molecule has 3 rings (SSSR count). The molecular formula is C19H18ClN3O2. The van der Waals surface area contributed by atoms with Crippen molar-refractivity contribution in [3.8, 4) is 5.75 Å². The number of hydrogen-bond acceptors (Lipinski definition) is 3. The van der Waals surface area contributed by atoms with Crippen molar-refractivity contribution in [2.75, 3.05) is 7.11 Å². The highest BCUT2D eigenvalue weighted by molar-refractivity contribution is 6.30. The van der Waals surface area contributed by atoms with E-state index < -0.39 is 6.04 Å². The van der Waals surface area contributed by atoms with Crippen molar-refractivity contribution < 1.29 is 9.53 Å². The molecule has 0 fully saturated rings. The van der Waals surface area contributed by atoms with Crippen LogP contribution in [0.5, 0.6) is 5.75 Å². The van der Waals surface area contributed by atoms with Crippen LogP contribution in [0.4, 0.5) is 0 Å². The minimum Gasteiger partial charge on any atom is -0.496 e. The van der Waals surface area contributed by atoms with Gasteiger partial charge in [-0.3, -0.25) is 4.79 Å². The number of methoxy groups -OCH3 is 1. The fraction of sp³-hybridized carbons (Fsp3) is 0.158. The third kappa shape index (κ3) is 3.67. The SMILES string of the molecule is COc1ccccc1[C@@H](NC(=O)c1cccc(Cl)c1)c1nccn1C. The highest BCUT2D eigenvalue weighted by atomic mass is 35.5. The summed E-state index contributed by atoms with van der Waals surface area (Å²) in [5.74, 6) is 1.16. The first-order valence-electron chi connectivity index (χ1n) is 7.76. The van der Waals surface area contributed by atoms with Crippen LogP contribution in [0.25, 0.3) is 0 Å². The number of nitrogens with zero attached hydrogens (tertiary/aromatic N) is 2. The minimum absolute atomic E-state index is 0.235. The standard InChI is InChI=1S/C19H18ClN3O2/c1-23-11-10-21-18(23)17(15-8-3-4-9-16(15)25-2)22-19(24)13-6-5-7-14(20)12-13/h3-12,17H,1-2H3,(H,22,24)/t17-/m1/s1. The zero-order valence-electron chi connectivity index (χ0n) is 13.9. The van der Waals surface area contributed by atoms with E-state index in [9.17, 15) is 4.79 Å². The molecule has 1 aromatic heterocycles. The van der Waals surface area contributed by atoms with Crippen LogP contribution in [0.3, 0.4) is 0 Å². The van der Waals surface area contributed by atoms with Gasteiger partial charge in [0.15, 0.2) is 0 Å². The number of rotatable bonds is 5. The first-order chi connectivity index (χ1) is 12.1. The molecule has 0 bridgehead atoms. The zero-order chi connectivity index (χ0) is 17.8. The van der Waals surface area contributed by atoms with Crippen LogP contribution in [-0.2, 0) is 7.05 Å². The van der Waals surface area contributed by atoms with Gasteiger partial charge in [0.05, 0.1) is 7.11 Å². The molecule has 0 aliphatic rings. The molecule has 0 saturated carbocycles. The Bertz CT molecular complexity index is 892. The summed E-state index contributed by atoms with van der Waals surface area (Å²) in [6.07, 6.45) is 3.53. The van der Waals surface area contributed by atoms with Crippen molar-refractivity contribution in [1.82, 2.24) is 14.9 Å². The summed E-state index contributed by atoms with van der Waals surface area (Å²) in [6.45, 7) is 0. The van der Waals surface area contributed by atoms with Gasteiger partial charge in [0.1, 0.15) is 17.6 Å². The topological polar surface area (TPSA) is 56.1 Å². The van der Waals surface area contributed by atoms with Crippen molar-refractivity contribution in [2.45, 2.75) is 6.04 Å². The zero-order valence-corrected chi connectivity index (χ0v) is 14.7. The molecule has 25 heavy (non-hydrogen) atoms. The number of nitrogens with one attached hydrogen (secondary N) is 1. The third-order valence-corrected chi connectivity index (χ3v) is 4.16. The van der Waals surface area contributed by atoms with Gasteiger partial charge in [-0.25, -0.2) is 4.98 Å². The largest absolute Gasteiger partial charge is 0.496 e. The lowest BCUT2D eigenvalue weighted by Gasteiger charge is -2.21. The van der Waals surface area contributed by atoms with Gasteiger partial charge in [-0.2, -0.15) is 0 Å². The van der Waals surface area contributed by atoms with E-state index in [1.807, 2.05) is 42.1 Å². The van der Waals surface area contributed by atoms with Crippen molar-refractivity contribution in [3.63, 3.8) is 0 Å². The van der Waals surface area contributed by atoms with Crippen molar-refractivity contribution in [2.24, 2.45) is 7.05 Å². The van der Waals surface area contributed by atoms with Crippen molar-refractivity contribution in [1.29, 1.82) is 0 Å². The minimum atomic E-state index is -0.456. The van der Waals surface area contributed by atoms with E-state index in [4.69, 9.17) is 16.3 Å². The second-order valence-corrected chi connectivity index (χ2v) is 5.99. The van der Waals surface area contributed by atoms with Gasteiger partial charge in [-0.1, -0.05) is 35.9 Å². The summed E-state index contributed by atoms with van der Waals surface area (Å²) in [5, 5.41) is 3.55. The van der Waals surface area contributed by atoms with E-state index in [2.05, 4.69) is 10.3 Å². The van der Waals surface area contributed by atoms with E-state index in [1.54, 1.807) is 37.6 Å². The average molecular weight is 356 g/mol. The summed E-state index contributed by atoms with van der Waals surface area (Å²) in [4.78, 5) is 17.1. The lowest BCUT2D eigenvalue weighted by atomic mass is 10.0. The number of aromatic nitrogens is 2. The number of ether oxygens (including phenoxy) is 1. The van der Waals surface area contributed by atoms with Gasteiger partial charge in [0, 0.05) is 35.6 Å². The maximum absolute atomic E-state index is 12.7. The normalized spacial score (nSPS) is 11.8. The van der Waals surface area contributed by atoms with Crippen LogP contribution >= 0.6 is 11.6 Å². The average Bonchev–Trinajstić information content (AvgIpc) is 3.05. The monoisotopic (exact) mass is 355 g/mol. The van der Waals surface area contributed by atoms with Gasteiger partial charge >= 0.3 is 0 Å². The molecule has 0 unspecified atom stereocenters. The molecule has 0 aliphatic heterocycles. The predicted octanol–water partition coefficient (Wildman–Crippen LogP) is 3.60. The Morgan fingerprint density at radius 3 is 2.72 bits per heavy atom. The summed E-state index contributed by atoms with van der Waals surface area (Å²) < 4.78 is 7.33. The van der Waals surface area contributed by atoms with Gasteiger partial charge in [-0.15, -0.1) is 0 Å². The summed E-state index contributed by atoms with van der Waals surface area (Å²) in [7, 11) is 3.49. The fourth-order valence-electron chi connectivity index (χ4n) is 2.69. The fourth-order valence-corrected chi connectivity index (χ4v) is 2.88. The Morgan fingerprint density at radius 2 is 2.04 bits per heavy atom. The molecular weight excluding hydrogens is 338 g/mol. The number of aryl methyl sites for hydroxylation is 1. The molecule has 3 aromatic rings. The van der Waals surface area contributed by atoms with Gasteiger partial charge in [0.25, 0.3) is 5.91 Å². The Labute approximate surface area is 151 Å². The molecule has 128 valence electrons. The van der Waals surface area contributed by atoms with E-state index in [0.717, 1.165) is 5.56 Å². The number of para-hydroxylation sites is 1. The second-order valence-electron chi connectivity index (χ2n) is 5.56. The predicted molar refractivity (Wildman–Crippen MR) is 97.0 cm³/mol. The summed E-state index contributed by atoms with van der Waals surface area (Å²) in [6, 6.07) is 13.9. The van der Waals surface area contributed by atoms with Gasteiger partial charge in [0.2, 0.25) is 0 Å². The van der Waals surface area contributed by atoms with Crippen LogP contribution in [0.15, 0.2) is 60.9 Å². The Hall–Kier alpha value is -2.79. The number of halogens is 1. The second kappa shape index (κ2) is 7.40. The molecule has 0 aliphatic carbocycles. The maximum Gasteiger partial charge on any atom is 0.252 e. The Balaban J connectivity index is 2.00. The van der Waals surface area contributed by atoms with Crippen molar-refractivity contribution >= 4 is 17.5 Å². The summed E-state index contributed by atoms with van der Waals surface area (Å²) in [5.41, 5.74) is 1.32. The van der Waals surface area contributed by atoms with E-state index >= 15 is 0 Å². The molecule has 6 heteroatoms. The number of carbonyl (C=O) groups excluding carboxylic acids is 1. The van der Waals surface area contributed by atoms with E-state index in [1.165, 1.54) is 0 Å². The number of imidazole rings is 1. The first kappa shape index (κ1) is 17.0. The summed E-state index contributed by atoms with van der Waals surface area (Å²) >= 11 is 6.00. The lowest BCUT2D eigenvalue weighted by Crippen LogP contribution is -2.31. The highest BCUT2D eigenvalue weighted by Gasteiger charge is 2.24. The Kier molecular flexibility index (Phi) is 5.05. The smallest absolute Gasteiger partial charge is 0.252 e. The van der Waals surface area contributed by atoms with Crippen LogP contribution in [0.1, 0.15) is 27.8 Å². The van der Waals surface area contributed by atoms with Crippen LogP contribution < -0.4 is 10.1 Å². The van der Waals surface area contributed by atoms with E-state index in [-0.39, 0.29) is 5.91 Å². The van der Waals surface area contributed by atoms with Crippen molar-refractivity contribution in [3.05, 3.63) is 82.9 Å². The highest BCUT2D eigenvalue weighted by Crippen LogP contribution is 2.29. The molecule has 0 saturated heterocycles.